The Kier molecular flexibility index (Phi) is 7.60. The zero-order chi connectivity index (χ0) is 18.8. The van der Waals surface area contributed by atoms with E-state index >= 15 is 0 Å². The Balaban J connectivity index is 0.000000342. The molecule has 0 saturated carbocycles. The average Bonchev–Trinajstić information content (AvgIpc) is 2.70. The van der Waals surface area contributed by atoms with E-state index in [0.717, 1.165) is 26.3 Å². The number of halogens is 1. The first-order valence-corrected chi connectivity index (χ1v) is 8.11. The van der Waals surface area contributed by atoms with Gasteiger partial charge in [0, 0.05) is 26.2 Å². The zero-order valence-corrected chi connectivity index (χ0v) is 14.7. The number of ether oxygens (including phenoxy) is 1. The third-order valence-corrected chi connectivity index (χ3v) is 3.34. The lowest BCUT2D eigenvalue weighted by atomic mass is 10.2. The van der Waals surface area contributed by atoms with Crippen LogP contribution in [0.5, 0.6) is 0 Å². The van der Waals surface area contributed by atoms with E-state index < -0.39 is 6.17 Å². The van der Waals surface area contributed by atoms with Crippen molar-refractivity contribution in [3.63, 3.8) is 0 Å². The van der Waals surface area contributed by atoms with Crippen LogP contribution in [0.1, 0.15) is 24.5 Å². The summed E-state index contributed by atoms with van der Waals surface area (Å²) in [7, 11) is 1.67. The van der Waals surface area contributed by atoms with Gasteiger partial charge in [-0.05, 0) is 6.92 Å². The zero-order valence-electron chi connectivity index (χ0n) is 14.7. The molecule has 0 aliphatic carbocycles. The molecule has 9 nitrogen and oxygen atoms in total. The van der Waals surface area contributed by atoms with Crippen LogP contribution < -0.4 is 16.0 Å². The van der Waals surface area contributed by atoms with Crippen molar-refractivity contribution in [2.75, 3.05) is 44.0 Å². The molecule has 2 aromatic rings. The van der Waals surface area contributed by atoms with Gasteiger partial charge in [0.15, 0.2) is 11.5 Å². The molecule has 3 N–H and O–H groups in total. The number of hydrogen-bond donors (Lipinski definition) is 3. The number of anilines is 3. The molecule has 3 rings (SSSR count). The van der Waals surface area contributed by atoms with E-state index in [-0.39, 0.29) is 11.4 Å². The summed E-state index contributed by atoms with van der Waals surface area (Å²) in [4.78, 5) is 7.87. The van der Waals surface area contributed by atoms with E-state index in [1.54, 1.807) is 13.1 Å². The molecule has 1 aliphatic rings. The first-order chi connectivity index (χ1) is 12.6. The van der Waals surface area contributed by atoms with Gasteiger partial charge in [-0.25, -0.2) is 14.4 Å². The Bertz CT molecular complexity index is 717. The van der Waals surface area contributed by atoms with Gasteiger partial charge in [-0.1, -0.05) is 0 Å². The van der Waals surface area contributed by atoms with Gasteiger partial charge in [-0.15, -0.1) is 10.2 Å². The molecule has 0 bridgehead atoms. The molecule has 1 fully saturated rings. The second-order valence-electron chi connectivity index (χ2n) is 5.28. The van der Waals surface area contributed by atoms with Crippen molar-refractivity contribution in [3.8, 4) is 6.07 Å². The summed E-state index contributed by atoms with van der Waals surface area (Å²) in [6, 6.07) is 3.50. The molecule has 10 heteroatoms. The van der Waals surface area contributed by atoms with Crippen molar-refractivity contribution in [3.05, 3.63) is 29.8 Å². The minimum Gasteiger partial charge on any atom is -0.386 e. The van der Waals surface area contributed by atoms with Gasteiger partial charge in [0.25, 0.3) is 0 Å². The molecule has 1 unspecified atom stereocenters. The van der Waals surface area contributed by atoms with E-state index in [0.29, 0.717) is 17.3 Å². The average molecular weight is 360 g/mol. The maximum absolute atomic E-state index is 13.3. The first kappa shape index (κ1) is 19.4. The van der Waals surface area contributed by atoms with Crippen LogP contribution in [0.3, 0.4) is 0 Å². The SMILES string of the molecule is C1COCCN1.CNc1cc(Nc2cnc(C#N)cn2)nnc1C(C)F. The largest absolute Gasteiger partial charge is 0.386 e. The monoisotopic (exact) mass is 360 g/mol. The molecule has 0 spiro atoms. The third-order valence-electron chi connectivity index (χ3n) is 3.34. The molecule has 1 aliphatic heterocycles. The number of nitrogens with one attached hydrogen (secondary N) is 3. The van der Waals surface area contributed by atoms with E-state index in [4.69, 9.17) is 10.00 Å². The maximum atomic E-state index is 13.3. The van der Waals surface area contributed by atoms with Gasteiger partial charge in [-0.3, -0.25) is 0 Å². The van der Waals surface area contributed by atoms with E-state index in [1.807, 2.05) is 6.07 Å². The Labute approximate surface area is 151 Å². The molecule has 3 heterocycles. The molecule has 0 amide bonds. The van der Waals surface area contributed by atoms with Crippen LogP contribution in [0.2, 0.25) is 0 Å². The second kappa shape index (κ2) is 10.2. The number of alkyl halides is 1. The van der Waals surface area contributed by atoms with Crippen molar-refractivity contribution >= 4 is 17.3 Å². The lowest BCUT2D eigenvalue weighted by molar-refractivity contribution is 0.109. The second-order valence-corrected chi connectivity index (χ2v) is 5.28. The summed E-state index contributed by atoms with van der Waals surface area (Å²) in [5.41, 5.74) is 1.00. The fourth-order valence-corrected chi connectivity index (χ4v) is 2.05. The Morgan fingerprint density at radius 3 is 2.46 bits per heavy atom. The Morgan fingerprint density at radius 2 is 2.00 bits per heavy atom. The van der Waals surface area contributed by atoms with Crippen LogP contribution in [-0.2, 0) is 4.74 Å². The molecule has 2 aromatic heterocycles. The Morgan fingerprint density at radius 1 is 1.23 bits per heavy atom. The van der Waals surface area contributed by atoms with Crippen molar-refractivity contribution in [1.29, 1.82) is 5.26 Å². The number of hydrogen-bond acceptors (Lipinski definition) is 9. The summed E-state index contributed by atoms with van der Waals surface area (Å²) in [5, 5.41) is 25.2. The van der Waals surface area contributed by atoms with Crippen LogP contribution in [0, 0.1) is 11.3 Å². The number of morpholine rings is 1. The summed E-state index contributed by atoms with van der Waals surface area (Å²) < 4.78 is 18.3. The van der Waals surface area contributed by atoms with E-state index in [1.165, 1.54) is 19.3 Å². The van der Waals surface area contributed by atoms with Gasteiger partial charge in [0.05, 0.1) is 31.3 Å². The third kappa shape index (κ3) is 5.87. The highest BCUT2D eigenvalue weighted by Gasteiger charge is 2.12. The first-order valence-electron chi connectivity index (χ1n) is 8.11. The standard InChI is InChI=1S/C12H12FN7.C4H9NO/c1-7(13)12-9(15-2)3-10(19-20-12)18-11-6-16-8(4-14)5-17-11;1-3-6-4-2-5-1/h3,5-7H,1-2H3,(H2,15,17,18,19);5H,1-4H2. The molecule has 138 valence electrons. The highest BCUT2D eigenvalue weighted by Crippen LogP contribution is 2.24. The van der Waals surface area contributed by atoms with Crippen molar-refractivity contribution in [2.45, 2.75) is 13.1 Å². The molecule has 0 radical (unpaired) electrons. The number of aromatic nitrogens is 4. The number of rotatable bonds is 4. The molecule has 0 aromatic carbocycles. The fourth-order valence-electron chi connectivity index (χ4n) is 2.05. The molecular weight excluding hydrogens is 339 g/mol. The van der Waals surface area contributed by atoms with Gasteiger partial charge in [0.1, 0.15) is 23.8 Å². The van der Waals surface area contributed by atoms with Gasteiger partial charge >= 0.3 is 0 Å². The number of nitriles is 1. The van der Waals surface area contributed by atoms with Crippen molar-refractivity contribution in [2.24, 2.45) is 0 Å². The topological polar surface area (TPSA) is 121 Å². The minimum absolute atomic E-state index is 0.221. The molecule has 1 atom stereocenters. The normalized spacial score (nSPS) is 14.4. The summed E-state index contributed by atoms with van der Waals surface area (Å²) in [6.07, 6.45) is 1.53. The lowest BCUT2D eigenvalue weighted by Crippen LogP contribution is -2.30. The summed E-state index contributed by atoms with van der Waals surface area (Å²) in [5.74, 6) is 0.819. The predicted octanol–water partition coefficient (Wildman–Crippen LogP) is 1.56. The van der Waals surface area contributed by atoms with Crippen LogP contribution in [0.15, 0.2) is 18.5 Å². The highest BCUT2D eigenvalue weighted by atomic mass is 19.1. The lowest BCUT2D eigenvalue weighted by Gasteiger charge is -2.10. The Hall–Kier alpha value is -2.90. The smallest absolute Gasteiger partial charge is 0.158 e. The summed E-state index contributed by atoms with van der Waals surface area (Å²) in [6.45, 7) is 5.23. The number of nitrogens with zero attached hydrogens (tertiary/aromatic N) is 5. The minimum atomic E-state index is -1.21. The highest BCUT2D eigenvalue weighted by molar-refractivity contribution is 5.59. The van der Waals surface area contributed by atoms with E-state index in [2.05, 4.69) is 36.1 Å². The molecule has 26 heavy (non-hydrogen) atoms. The quantitative estimate of drug-likeness (QED) is 0.746. The van der Waals surface area contributed by atoms with Gasteiger partial charge in [-0.2, -0.15) is 5.26 Å². The summed E-state index contributed by atoms with van der Waals surface area (Å²) >= 11 is 0. The van der Waals surface area contributed by atoms with Gasteiger partial charge in [0.2, 0.25) is 0 Å². The van der Waals surface area contributed by atoms with Crippen LogP contribution in [0.4, 0.5) is 21.7 Å². The van der Waals surface area contributed by atoms with E-state index in [9.17, 15) is 4.39 Å². The predicted molar refractivity (Wildman–Crippen MR) is 94.8 cm³/mol. The van der Waals surface area contributed by atoms with Gasteiger partial charge < -0.3 is 20.7 Å². The van der Waals surface area contributed by atoms with Crippen molar-refractivity contribution in [1.82, 2.24) is 25.5 Å². The van der Waals surface area contributed by atoms with Crippen LogP contribution >= 0.6 is 0 Å². The van der Waals surface area contributed by atoms with Crippen LogP contribution in [0.25, 0.3) is 0 Å². The molecular formula is C16H21FN8O. The molecule has 1 saturated heterocycles. The van der Waals surface area contributed by atoms with Crippen LogP contribution in [-0.4, -0.2) is 53.5 Å². The fraction of sp³-hybridized carbons (Fsp3) is 0.438. The van der Waals surface area contributed by atoms with Crippen molar-refractivity contribution < 1.29 is 9.13 Å². The maximum Gasteiger partial charge on any atom is 0.158 e.